The fourth-order valence-corrected chi connectivity index (χ4v) is 4.51. The van der Waals surface area contributed by atoms with Crippen LogP contribution >= 0.6 is 11.3 Å². The highest BCUT2D eigenvalue weighted by atomic mass is 32.1. The van der Waals surface area contributed by atoms with Gasteiger partial charge in [0.1, 0.15) is 0 Å². The average molecular weight is 330 g/mol. The molecule has 23 heavy (non-hydrogen) atoms. The largest absolute Gasteiger partial charge is 0.337 e. The van der Waals surface area contributed by atoms with Crippen molar-refractivity contribution in [2.75, 3.05) is 7.05 Å². The summed E-state index contributed by atoms with van der Waals surface area (Å²) >= 11 is 1.67. The van der Waals surface area contributed by atoms with E-state index in [1.807, 2.05) is 27.2 Å². The quantitative estimate of drug-likeness (QED) is 0.865. The zero-order chi connectivity index (χ0) is 16.1. The van der Waals surface area contributed by atoms with Gasteiger partial charge in [-0.1, -0.05) is 0 Å². The molecule has 5 nitrogen and oxygen atoms in total. The Labute approximate surface area is 140 Å². The molecule has 3 heterocycles. The van der Waals surface area contributed by atoms with Crippen LogP contribution in [0.5, 0.6) is 0 Å². The van der Waals surface area contributed by atoms with E-state index in [0.29, 0.717) is 6.54 Å². The third-order valence-electron chi connectivity index (χ3n) is 4.76. The van der Waals surface area contributed by atoms with E-state index in [2.05, 4.69) is 16.1 Å². The van der Waals surface area contributed by atoms with Crippen molar-refractivity contribution >= 4 is 17.2 Å². The zero-order valence-electron chi connectivity index (χ0n) is 13.9. The van der Waals surface area contributed by atoms with E-state index in [1.165, 1.54) is 23.3 Å². The number of carbonyl (C=O) groups excluding carboxylic acids is 1. The highest BCUT2D eigenvalue weighted by Gasteiger charge is 2.34. The minimum atomic E-state index is 0.116. The van der Waals surface area contributed by atoms with Crippen LogP contribution in [0.15, 0.2) is 12.3 Å². The van der Waals surface area contributed by atoms with Crippen molar-refractivity contribution in [3.63, 3.8) is 0 Å². The SMILES string of the molecule is Cc1nn(C)cc1CN(C)C(=O)c1cc2c(s1)CN(C1CC1)C2. The van der Waals surface area contributed by atoms with Crippen molar-refractivity contribution in [1.29, 1.82) is 0 Å². The van der Waals surface area contributed by atoms with Gasteiger partial charge in [-0.05, 0) is 31.4 Å². The predicted octanol–water partition coefficient (Wildman–Crippen LogP) is 2.54. The number of aryl methyl sites for hydroxylation is 2. The predicted molar refractivity (Wildman–Crippen MR) is 90.3 cm³/mol. The second-order valence-electron chi connectivity index (χ2n) is 6.77. The Balaban J connectivity index is 1.45. The fraction of sp³-hybridized carbons (Fsp3) is 0.529. The Morgan fingerprint density at radius 2 is 2.22 bits per heavy atom. The van der Waals surface area contributed by atoms with Gasteiger partial charge in [0.25, 0.3) is 5.91 Å². The van der Waals surface area contributed by atoms with Crippen LogP contribution in [0.3, 0.4) is 0 Å². The summed E-state index contributed by atoms with van der Waals surface area (Å²) in [5, 5.41) is 4.34. The lowest BCUT2D eigenvalue weighted by molar-refractivity contribution is 0.0789. The zero-order valence-corrected chi connectivity index (χ0v) is 14.7. The van der Waals surface area contributed by atoms with E-state index in [1.54, 1.807) is 20.9 Å². The molecule has 4 rings (SSSR count). The Hall–Kier alpha value is -1.66. The molecule has 0 spiro atoms. The van der Waals surface area contributed by atoms with Crippen LogP contribution in [-0.2, 0) is 26.7 Å². The standard InChI is InChI=1S/C17H22N4OS/c1-11-13(8-20(3)18-11)7-19(2)17(22)15-6-12-9-21(14-4-5-14)10-16(12)23-15/h6,8,14H,4-5,7,9-10H2,1-3H3. The van der Waals surface area contributed by atoms with Gasteiger partial charge in [0.15, 0.2) is 0 Å². The Kier molecular flexibility index (Phi) is 3.54. The third kappa shape index (κ3) is 2.81. The number of hydrogen-bond donors (Lipinski definition) is 0. The van der Waals surface area contributed by atoms with Crippen LogP contribution in [-0.4, -0.2) is 38.6 Å². The van der Waals surface area contributed by atoms with Gasteiger partial charge in [0, 0.05) is 56.4 Å². The monoisotopic (exact) mass is 330 g/mol. The summed E-state index contributed by atoms with van der Waals surface area (Å²) in [6.07, 6.45) is 4.67. The molecular weight excluding hydrogens is 308 g/mol. The van der Waals surface area contributed by atoms with Crippen molar-refractivity contribution in [2.45, 2.75) is 45.4 Å². The summed E-state index contributed by atoms with van der Waals surface area (Å²) in [5.74, 6) is 0.116. The van der Waals surface area contributed by atoms with Gasteiger partial charge in [-0.2, -0.15) is 5.10 Å². The highest BCUT2D eigenvalue weighted by molar-refractivity contribution is 7.14. The Morgan fingerprint density at radius 1 is 1.43 bits per heavy atom. The number of fused-ring (bicyclic) bond motifs is 1. The minimum Gasteiger partial charge on any atom is -0.337 e. The van der Waals surface area contributed by atoms with Gasteiger partial charge >= 0.3 is 0 Å². The normalized spacial score (nSPS) is 17.5. The lowest BCUT2D eigenvalue weighted by atomic mass is 10.2. The van der Waals surface area contributed by atoms with E-state index in [-0.39, 0.29) is 5.91 Å². The average Bonchev–Trinajstić information content (AvgIpc) is 3.04. The summed E-state index contributed by atoms with van der Waals surface area (Å²) in [6.45, 7) is 4.65. The van der Waals surface area contributed by atoms with Gasteiger partial charge in [0.2, 0.25) is 0 Å². The molecule has 2 aliphatic rings. The number of thiophene rings is 1. The summed E-state index contributed by atoms with van der Waals surface area (Å²) in [7, 11) is 3.78. The van der Waals surface area contributed by atoms with Crippen LogP contribution in [0.1, 0.15) is 44.2 Å². The van der Waals surface area contributed by atoms with Gasteiger partial charge < -0.3 is 4.90 Å². The second kappa shape index (κ2) is 5.46. The fourth-order valence-electron chi connectivity index (χ4n) is 3.32. The first-order valence-corrected chi connectivity index (χ1v) is 8.93. The molecule has 0 atom stereocenters. The lowest BCUT2D eigenvalue weighted by Crippen LogP contribution is -2.25. The molecule has 1 amide bonds. The van der Waals surface area contributed by atoms with Gasteiger partial charge in [0.05, 0.1) is 10.6 Å². The minimum absolute atomic E-state index is 0.116. The topological polar surface area (TPSA) is 41.4 Å². The van der Waals surface area contributed by atoms with E-state index < -0.39 is 0 Å². The van der Waals surface area contributed by atoms with Gasteiger partial charge in [-0.25, -0.2) is 0 Å². The summed E-state index contributed by atoms with van der Waals surface area (Å²) < 4.78 is 1.80. The van der Waals surface area contributed by atoms with Crippen molar-refractivity contribution in [1.82, 2.24) is 19.6 Å². The first kappa shape index (κ1) is 14.9. The molecule has 0 N–H and O–H groups in total. The molecule has 0 radical (unpaired) electrons. The smallest absolute Gasteiger partial charge is 0.263 e. The maximum atomic E-state index is 12.7. The molecule has 0 saturated heterocycles. The molecule has 1 aliphatic carbocycles. The van der Waals surface area contributed by atoms with Crippen LogP contribution in [0.2, 0.25) is 0 Å². The Morgan fingerprint density at radius 3 is 2.83 bits per heavy atom. The number of aromatic nitrogens is 2. The van der Waals surface area contributed by atoms with Crippen molar-refractivity contribution in [3.05, 3.63) is 38.8 Å². The molecule has 6 heteroatoms. The van der Waals surface area contributed by atoms with Crippen LogP contribution in [0, 0.1) is 6.92 Å². The number of hydrogen-bond acceptors (Lipinski definition) is 4. The third-order valence-corrected chi connectivity index (χ3v) is 5.91. The first-order valence-electron chi connectivity index (χ1n) is 8.11. The molecule has 1 saturated carbocycles. The number of nitrogens with zero attached hydrogens (tertiary/aromatic N) is 4. The van der Waals surface area contributed by atoms with Crippen LogP contribution < -0.4 is 0 Å². The number of amides is 1. The number of carbonyl (C=O) groups is 1. The van der Waals surface area contributed by atoms with Crippen LogP contribution in [0.4, 0.5) is 0 Å². The lowest BCUT2D eigenvalue weighted by Gasteiger charge is -2.16. The van der Waals surface area contributed by atoms with Crippen LogP contribution in [0.25, 0.3) is 0 Å². The summed E-state index contributed by atoms with van der Waals surface area (Å²) in [5.41, 5.74) is 3.45. The first-order chi connectivity index (χ1) is 11.0. The number of rotatable bonds is 4. The molecule has 0 aromatic carbocycles. The van der Waals surface area contributed by atoms with E-state index in [0.717, 1.165) is 35.3 Å². The molecule has 2 aromatic heterocycles. The molecular formula is C17H22N4OS. The van der Waals surface area contributed by atoms with Crippen molar-refractivity contribution in [3.8, 4) is 0 Å². The van der Waals surface area contributed by atoms with Crippen molar-refractivity contribution < 1.29 is 4.79 Å². The summed E-state index contributed by atoms with van der Waals surface area (Å²) in [4.78, 5) is 19.3. The molecule has 0 unspecified atom stereocenters. The van der Waals surface area contributed by atoms with Crippen molar-refractivity contribution in [2.24, 2.45) is 7.05 Å². The molecule has 0 bridgehead atoms. The van der Waals surface area contributed by atoms with E-state index in [4.69, 9.17) is 0 Å². The second-order valence-corrected chi connectivity index (χ2v) is 7.91. The maximum Gasteiger partial charge on any atom is 0.263 e. The Bertz CT molecular complexity index is 735. The maximum absolute atomic E-state index is 12.7. The van der Waals surface area contributed by atoms with Gasteiger partial charge in [-0.15, -0.1) is 11.3 Å². The molecule has 122 valence electrons. The molecule has 2 aromatic rings. The summed E-state index contributed by atoms with van der Waals surface area (Å²) in [6, 6.07) is 2.90. The molecule has 1 fully saturated rings. The van der Waals surface area contributed by atoms with Gasteiger partial charge in [-0.3, -0.25) is 14.4 Å². The molecule has 1 aliphatic heterocycles. The highest BCUT2D eigenvalue weighted by Crippen LogP contribution is 2.38. The van der Waals surface area contributed by atoms with E-state index >= 15 is 0 Å². The van der Waals surface area contributed by atoms with E-state index in [9.17, 15) is 4.79 Å².